The van der Waals surface area contributed by atoms with E-state index in [0.29, 0.717) is 0 Å². The predicted octanol–water partition coefficient (Wildman–Crippen LogP) is 2.50. The van der Waals surface area contributed by atoms with Gasteiger partial charge in [-0.25, -0.2) is 9.97 Å². The Morgan fingerprint density at radius 3 is 2.83 bits per heavy atom. The zero-order valence-electron chi connectivity index (χ0n) is 9.38. The molecular weight excluding hydrogens is 226 g/mol. The smallest absolute Gasteiger partial charge is 0.181 e. The maximum Gasteiger partial charge on any atom is 0.181 e. The van der Waals surface area contributed by atoms with Crippen molar-refractivity contribution < 1.29 is 0 Å². The molecule has 86 valence electrons. The van der Waals surface area contributed by atoms with Crippen LogP contribution in [0.25, 0.3) is 33.5 Å². The van der Waals surface area contributed by atoms with Crippen molar-refractivity contribution >= 4 is 22.1 Å². The first-order valence-electron chi connectivity index (χ1n) is 5.65. The minimum absolute atomic E-state index is 0.721. The van der Waals surface area contributed by atoms with Crippen LogP contribution in [0.5, 0.6) is 0 Å². The summed E-state index contributed by atoms with van der Waals surface area (Å²) in [5, 5.41) is 9.29. The minimum Gasteiger partial charge on any atom is -0.338 e. The molecule has 18 heavy (non-hydrogen) atoms. The summed E-state index contributed by atoms with van der Waals surface area (Å²) in [4.78, 5) is 11.8. The monoisotopic (exact) mass is 235 g/mol. The van der Waals surface area contributed by atoms with Gasteiger partial charge in [0.1, 0.15) is 5.65 Å². The van der Waals surface area contributed by atoms with Gasteiger partial charge in [-0.1, -0.05) is 0 Å². The number of nitrogens with zero attached hydrogens (tertiary/aromatic N) is 3. The second-order valence-corrected chi connectivity index (χ2v) is 4.10. The number of H-pyrrole nitrogens is 2. The minimum atomic E-state index is 0.721. The number of rotatable bonds is 1. The third kappa shape index (κ3) is 1.24. The van der Waals surface area contributed by atoms with Crippen LogP contribution in [0.2, 0.25) is 0 Å². The summed E-state index contributed by atoms with van der Waals surface area (Å²) in [5.41, 5.74) is 3.51. The summed E-state index contributed by atoms with van der Waals surface area (Å²) in [6.07, 6.45) is 3.51. The van der Waals surface area contributed by atoms with Crippen molar-refractivity contribution in [1.82, 2.24) is 25.1 Å². The zero-order valence-corrected chi connectivity index (χ0v) is 9.38. The van der Waals surface area contributed by atoms with Crippen molar-refractivity contribution in [3.63, 3.8) is 0 Å². The SMILES string of the molecule is c1cnc2[nH]c(-c3[nH]nc4ncccc34)cc2c1. The standard InChI is InChI=1S/C13H9N5/c1-3-8-7-10(16-12(8)14-5-1)11-9-4-2-6-15-13(9)18-17-11/h1-7H,(H,14,16)(H,15,17,18). The van der Waals surface area contributed by atoms with Crippen molar-refractivity contribution in [3.8, 4) is 11.4 Å². The van der Waals surface area contributed by atoms with Crippen LogP contribution in [0.4, 0.5) is 0 Å². The van der Waals surface area contributed by atoms with E-state index in [4.69, 9.17) is 0 Å². The fourth-order valence-electron chi connectivity index (χ4n) is 2.15. The number of hydrogen-bond acceptors (Lipinski definition) is 3. The van der Waals surface area contributed by atoms with Gasteiger partial charge in [-0.15, -0.1) is 0 Å². The lowest BCUT2D eigenvalue weighted by Gasteiger charge is -1.92. The largest absolute Gasteiger partial charge is 0.338 e. The van der Waals surface area contributed by atoms with Crippen LogP contribution >= 0.6 is 0 Å². The zero-order chi connectivity index (χ0) is 11.9. The van der Waals surface area contributed by atoms with Gasteiger partial charge in [0.05, 0.1) is 11.4 Å². The number of pyridine rings is 2. The van der Waals surface area contributed by atoms with Gasteiger partial charge in [-0.2, -0.15) is 5.10 Å². The topological polar surface area (TPSA) is 70.2 Å². The summed E-state index contributed by atoms with van der Waals surface area (Å²) < 4.78 is 0. The molecule has 0 spiro atoms. The van der Waals surface area contributed by atoms with Gasteiger partial charge in [-0.05, 0) is 30.3 Å². The first-order valence-corrected chi connectivity index (χ1v) is 5.65. The van der Waals surface area contributed by atoms with Gasteiger partial charge in [0, 0.05) is 23.2 Å². The quantitative estimate of drug-likeness (QED) is 0.532. The molecule has 5 heteroatoms. The maximum absolute atomic E-state index is 4.29. The second kappa shape index (κ2) is 3.40. The molecule has 0 aromatic carbocycles. The van der Waals surface area contributed by atoms with Crippen LogP contribution in [0, 0.1) is 0 Å². The molecule has 0 radical (unpaired) electrons. The lowest BCUT2D eigenvalue weighted by Crippen LogP contribution is -1.78. The molecule has 4 aromatic rings. The molecule has 0 aliphatic carbocycles. The van der Waals surface area contributed by atoms with Crippen molar-refractivity contribution in [2.45, 2.75) is 0 Å². The van der Waals surface area contributed by atoms with Crippen LogP contribution in [0.15, 0.2) is 42.7 Å². The molecule has 0 saturated carbocycles. The lowest BCUT2D eigenvalue weighted by atomic mass is 10.2. The van der Waals surface area contributed by atoms with E-state index in [0.717, 1.165) is 33.5 Å². The molecule has 0 fully saturated rings. The Morgan fingerprint density at radius 1 is 1.00 bits per heavy atom. The van der Waals surface area contributed by atoms with Crippen LogP contribution in [-0.4, -0.2) is 25.1 Å². The highest BCUT2D eigenvalue weighted by molar-refractivity contribution is 5.93. The van der Waals surface area contributed by atoms with E-state index >= 15 is 0 Å². The summed E-state index contributed by atoms with van der Waals surface area (Å²) >= 11 is 0. The van der Waals surface area contributed by atoms with E-state index in [9.17, 15) is 0 Å². The van der Waals surface area contributed by atoms with Crippen LogP contribution in [0.3, 0.4) is 0 Å². The van der Waals surface area contributed by atoms with E-state index in [2.05, 4.69) is 31.2 Å². The first kappa shape index (κ1) is 9.35. The van der Waals surface area contributed by atoms with Crippen LogP contribution in [0.1, 0.15) is 0 Å². The molecule has 5 nitrogen and oxygen atoms in total. The normalized spacial score (nSPS) is 11.3. The van der Waals surface area contributed by atoms with E-state index in [1.165, 1.54) is 0 Å². The van der Waals surface area contributed by atoms with E-state index in [-0.39, 0.29) is 0 Å². The Kier molecular flexibility index (Phi) is 1.77. The fourth-order valence-corrected chi connectivity index (χ4v) is 2.15. The van der Waals surface area contributed by atoms with Gasteiger partial charge in [0.2, 0.25) is 0 Å². The average molecular weight is 235 g/mol. The number of aromatic amines is 2. The van der Waals surface area contributed by atoms with Crippen molar-refractivity contribution in [2.75, 3.05) is 0 Å². The van der Waals surface area contributed by atoms with Gasteiger partial charge in [-0.3, -0.25) is 5.10 Å². The van der Waals surface area contributed by atoms with Gasteiger partial charge in [0.15, 0.2) is 5.65 Å². The van der Waals surface area contributed by atoms with Crippen molar-refractivity contribution in [1.29, 1.82) is 0 Å². The highest BCUT2D eigenvalue weighted by Gasteiger charge is 2.10. The molecule has 0 atom stereocenters. The summed E-state index contributed by atoms with van der Waals surface area (Å²) in [7, 11) is 0. The number of nitrogens with one attached hydrogen (secondary N) is 2. The first-order chi connectivity index (χ1) is 8.92. The predicted molar refractivity (Wildman–Crippen MR) is 69.0 cm³/mol. The number of fused-ring (bicyclic) bond motifs is 2. The van der Waals surface area contributed by atoms with Gasteiger partial charge >= 0.3 is 0 Å². The highest BCUT2D eigenvalue weighted by Crippen LogP contribution is 2.26. The summed E-state index contributed by atoms with van der Waals surface area (Å²) in [6, 6.07) is 9.91. The van der Waals surface area contributed by atoms with Crippen LogP contribution in [-0.2, 0) is 0 Å². The van der Waals surface area contributed by atoms with E-state index < -0.39 is 0 Å². The number of hydrogen-bond donors (Lipinski definition) is 2. The Balaban J connectivity index is 2.01. The molecule has 4 heterocycles. The summed E-state index contributed by atoms with van der Waals surface area (Å²) in [5.74, 6) is 0. The molecule has 0 saturated heterocycles. The molecule has 0 unspecified atom stereocenters. The fraction of sp³-hybridized carbons (Fsp3) is 0. The summed E-state index contributed by atoms with van der Waals surface area (Å²) in [6.45, 7) is 0. The molecule has 4 aromatic heterocycles. The van der Waals surface area contributed by atoms with Crippen molar-refractivity contribution in [3.05, 3.63) is 42.7 Å². The molecular formula is C13H9N5. The second-order valence-electron chi connectivity index (χ2n) is 4.10. The molecule has 0 aliphatic heterocycles. The van der Waals surface area contributed by atoms with Gasteiger partial charge < -0.3 is 4.98 Å². The average Bonchev–Trinajstić information content (AvgIpc) is 3.02. The molecule has 2 N–H and O–H groups in total. The lowest BCUT2D eigenvalue weighted by molar-refractivity contribution is 1.10. The van der Waals surface area contributed by atoms with E-state index in [1.54, 1.807) is 12.4 Å². The molecule has 0 amide bonds. The Labute approximate surface area is 102 Å². The van der Waals surface area contributed by atoms with E-state index in [1.807, 2.05) is 24.3 Å². The third-order valence-electron chi connectivity index (χ3n) is 2.99. The Morgan fingerprint density at radius 2 is 1.89 bits per heavy atom. The number of aromatic nitrogens is 5. The highest BCUT2D eigenvalue weighted by atomic mass is 15.2. The Hall–Kier alpha value is -2.69. The maximum atomic E-state index is 4.29. The van der Waals surface area contributed by atoms with Crippen LogP contribution < -0.4 is 0 Å². The van der Waals surface area contributed by atoms with Crippen molar-refractivity contribution in [2.24, 2.45) is 0 Å². The molecule has 4 rings (SSSR count). The molecule has 0 bridgehead atoms. The Bertz CT molecular complexity index is 809. The van der Waals surface area contributed by atoms with Gasteiger partial charge in [0.25, 0.3) is 0 Å². The molecule has 0 aliphatic rings. The third-order valence-corrected chi connectivity index (χ3v) is 2.99.